The highest BCUT2D eigenvalue weighted by molar-refractivity contribution is 7.09. The smallest absolute Gasteiger partial charge is 0.416 e. The van der Waals surface area contributed by atoms with E-state index in [-0.39, 0.29) is 18.0 Å². The third kappa shape index (κ3) is 5.16. The van der Waals surface area contributed by atoms with Crippen LogP contribution in [0.3, 0.4) is 0 Å². The first kappa shape index (κ1) is 18.1. The van der Waals surface area contributed by atoms with Crippen molar-refractivity contribution < 1.29 is 22.7 Å². The van der Waals surface area contributed by atoms with Gasteiger partial charge in [-0.3, -0.25) is 0 Å². The van der Waals surface area contributed by atoms with Crippen molar-refractivity contribution in [2.24, 2.45) is 0 Å². The first-order chi connectivity index (χ1) is 11.4. The van der Waals surface area contributed by atoms with Crippen molar-refractivity contribution in [3.8, 4) is 5.75 Å². The third-order valence-electron chi connectivity index (χ3n) is 3.09. The SMILES string of the molecule is CCOc1ccc(C(F)(F)F)cc1NC(=O)NCCc1cccs1. The summed E-state index contributed by atoms with van der Waals surface area (Å²) < 4.78 is 43.7. The van der Waals surface area contributed by atoms with Crippen molar-refractivity contribution in [3.05, 3.63) is 46.2 Å². The van der Waals surface area contributed by atoms with Gasteiger partial charge in [0.1, 0.15) is 5.75 Å². The van der Waals surface area contributed by atoms with Gasteiger partial charge in [-0.25, -0.2) is 4.79 Å². The van der Waals surface area contributed by atoms with Gasteiger partial charge in [0.05, 0.1) is 17.9 Å². The molecule has 2 N–H and O–H groups in total. The van der Waals surface area contributed by atoms with Gasteiger partial charge in [-0.05, 0) is 43.0 Å². The van der Waals surface area contributed by atoms with E-state index in [1.54, 1.807) is 18.3 Å². The Balaban J connectivity index is 2.01. The number of urea groups is 1. The zero-order valence-electron chi connectivity index (χ0n) is 12.9. The molecule has 1 aromatic carbocycles. The van der Waals surface area contributed by atoms with Gasteiger partial charge in [-0.2, -0.15) is 13.2 Å². The molecule has 8 heteroatoms. The summed E-state index contributed by atoms with van der Waals surface area (Å²) in [5.41, 5.74) is -0.861. The fourth-order valence-electron chi connectivity index (χ4n) is 2.01. The van der Waals surface area contributed by atoms with Crippen LogP contribution >= 0.6 is 11.3 Å². The molecule has 2 amide bonds. The van der Waals surface area contributed by atoms with Gasteiger partial charge >= 0.3 is 12.2 Å². The number of halogens is 3. The van der Waals surface area contributed by atoms with Crippen molar-refractivity contribution in [1.82, 2.24) is 5.32 Å². The lowest BCUT2D eigenvalue weighted by atomic mass is 10.2. The number of amides is 2. The van der Waals surface area contributed by atoms with Crippen LogP contribution in [0.15, 0.2) is 35.7 Å². The van der Waals surface area contributed by atoms with E-state index in [4.69, 9.17) is 4.74 Å². The van der Waals surface area contributed by atoms with E-state index >= 15 is 0 Å². The highest BCUT2D eigenvalue weighted by Gasteiger charge is 2.31. The topological polar surface area (TPSA) is 50.4 Å². The second-order valence-corrected chi connectivity index (χ2v) is 5.88. The lowest BCUT2D eigenvalue weighted by molar-refractivity contribution is -0.137. The van der Waals surface area contributed by atoms with Crippen molar-refractivity contribution in [2.75, 3.05) is 18.5 Å². The summed E-state index contributed by atoms with van der Waals surface area (Å²) in [5.74, 6) is 0.193. The summed E-state index contributed by atoms with van der Waals surface area (Å²) in [6.45, 7) is 2.37. The molecule has 130 valence electrons. The molecular formula is C16H17F3N2O2S. The van der Waals surface area contributed by atoms with Gasteiger partial charge < -0.3 is 15.4 Å². The number of carbonyl (C=O) groups excluding carboxylic acids is 1. The first-order valence-electron chi connectivity index (χ1n) is 7.31. The average Bonchev–Trinajstić information content (AvgIpc) is 3.01. The van der Waals surface area contributed by atoms with Gasteiger partial charge in [-0.1, -0.05) is 6.07 Å². The van der Waals surface area contributed by atoms with Crippen LogP contribution in [0.25, 0.3) is 0 Å². The predicted molar refractivity (Wildman–Crippen MR) is 87.7 cm³/mol. The van der Waals surface area contributed by atoms with Crippen LogP contribution in [0.2, 0.25) is 0 Å². The molecule has 2 aromatic rings. The van der Waals surface area contributed by atoms with E-state index in [0.29, 0.717) is 13.0 Å². The molecule has 24 heavy (non-hydrogen) atoms. The number of hydrogen-bond acceptors (Lipinski definition) is 3. The van der Waals surface area contributed by atoms with Crippen LogP contribution in [0.4, 0.5) is 23.7 Å². The standard InChI is InChI=1S/C16H17F3N2O2S/c1-2-23-14-6-5-11(16(17,18)19)10-13(14)21-15(22)20-8-7-12-4-3-9-24-12/h3-6,9-10H,2,7-8H2,1H3,(H2,20,21,22). The van der Waals surface area contributed by atoms with Gasteiger partial charge in [-0.15, -0.1) is 11.3 Å². The highest BCUT2D eigenvalue weighted by atomic mass is 32.1. The molecule has 0 radical (unpaired) electrons. The molecule has 0 fully saturated rings. The Morgan fingerprint density at radius 3 is 2.71 bits per heavy atom. The number of nitrogens with one attached hydrogen (secondary N) is 2. The highest BCUT2D eigenvalue weighted by Crippen LogP contribution is 2.35. The molecular weight excluding hydrogens is 341 g/mol. The number of ether oxygens (including phenoxy) is 1. The van der Waals surface area contributed by atoms with E-state index in [9.17, 15) is 18.0 Å². The van der Waals surface area contributed by atoms with Crippen molar-refractivity contribution in [1.29, 1.82) is 0 Å². The Labute approximate surface area is 141 Å². The van der Waals surface area contributed by atoms with Crippen LogP contribution in [-0.4, -0.2) is 19.2 Å². The molecule has 2 rings (SSSR count). The maximum Gasteiger partial charge on any atom is 0.416 e. The fraction of sp³-hybridized carbons (Fsp3) is 0.312. The van der Waals surface area contributed by atoms with Crippen LogP contribution < -0.4 is 15.4 Å². The van der Waals surface area contributed by atoms with Crippen molar-refractivity contribution in [2.45, 2.75) is 19.5 Å². The van der Waals surface area contributed by atoms with Crippen molar-refractivity contribution >= 4 is 23.1 Å². The summed E-state index contributed by atoms with van der Waals surface area (Å²) in [6.07, 6.45) is -3.83. The molecule has 0 saturated carbocycles. The first-order valence-corrected chi connectivity index (χ1v) is 8.19. The van der Waals surface area contributed by atoms with E-state index < -0.39 is 17.8 Å². The van der Waals surface area contributed by atoms with E-state index in [1.807, 2.05) is 17.5 Å². The number of benzene rings is 1. The van der Waals surface area contributed by atoms with Crippen LogP contribution in [0.1, 0.15) is 17.4 Å². The lowest BCUT2D eigenvalue weighted by Gasteiger charge is -2.15. The lowest BCUT2D eigenvalue weighted by Crippen LogP contribution is -2.30. The third-order valence-corrected chi connectivity index (χ3v) is 4.03. The molecule has 0 unspecified atom stereocenters. The molecule has 0 spiro atoms. The molecule has 0 bridgehead atoms. The molecule has 1 aromatic heterocycles. The van der Waals surface area contributed by atoms with Crippen LogP contribution in [0, 0.1) is 0 Å². The van der Waals surface area contributed by atoms with Gasteiger partial charge in [0, 0.05) is 11.4 Å². The largest absolute Gasteiger partial charge is 0.492 e. The zero-order valence-corrected chi connectivity index (χ0v) is 13.8. The average molecular weight is 358 g/mol. The summed E-state index contributed by atoms with van der Waals surface area (Å²) in [4.78, 5) is 13.0. The number of rotatable bonds is 6. The molecule has 4 nitrogen and oxygen atoms in total. The second-order valence-electron chi connectivity index (χ2n) is 4.85. The Morgan fingerprint density at radius 2 is 2.08 bits per heavy atom. The predicted octanol–water partition coefficient (Wildman–Crippen LogP) is 4.53. The van der Waals surface area contributed by atoms with Crippen LogP contribution in [0.5, 0.6) is 5.75 Å². The van der Waals surface area contributed by atoms with Gasteiger partial charge in [0.25, 0.3) is 0 Å². The maximum atomic E-state index is 12.8. The minimum Gasteiger partial charge on any atom is -0.492 e. The number of alkyl halides is 3. The molecule has 1 heterocycles. The van der Waals surface area contributed by atoms with E-state index in [2.05, 4.69) is 10.6 Å². The number of carbonyl (C=O) groups is 1. The summed E-state index contributed by atoms with van der Waals surface area (Å²) >= 11 is 1.58. The zero-order chi connectivity index (χ0) is 17.6. The summed E-state index contributed by atoms with van der Waals surface area (Å²) in [7, 11) is 0. The molecule has 0 aliphatic heterocycles. The minimum absolute atomic E-state index is 0.0136. The van der Waals surface area contributed by atoms with Gasteiger partial charge in [0.2, 0.25) is 0 Å². The fourth-order valence-corrected chi connectivity index (χ4v) is 2.71. The van der Waals surface area contributed by atoms with E-state index in [0.717, 1.165) is 17.0 Å². The molecule has 0 aliphatic rings. The summed E-state index contributed by atoms with van der Waals surface area (Å²) in [6, 6.07) is 6.27. The normalized spacial score (nSPS) is 11.2. The van der Waals surface area contributed by atoms with Crippen LogP contribution in [-0.2, 0) is 12.6 Å². The Morgan fingerprint density at radius 1 is 1.29 bits per heavy atom. The maximum absolute atomic E-state index is 12.8. The molecule has 0 aliphatic carbocycles. The second kappa shape index (κ2) is 8.05. The Kier molecular flexibility index (Phi) is 6.08. The number of hydrogen-bond donors (Lipinski definition) is 2. The number of thiophene rings is 1. The Bertz CT molecular complexity index is 672. The molecule has 0 atom stereocenters. The quantitative estimate of drug-likeness (QED) is 0.797. The monoisotopic (exact) mass is 358 g/mol. The number of anilines is 1. The van der Waals surface area contributed by atoms with E-state index in [1.165, 1.54) is 6.07 Å². The Hall–Kier alpha value is -2.22. The van der Waals surface area contributed by atoms with Gasteiger partial charge in [0.15, 0.2) is 0 Å². The van der Waals surface area contributed by atoms with Crippen molar-refractivity contribution in [3.63, 3.8) is 0 Å². The summed E-state index contributed by atoms with van der Waals surface area (Å²) in [5, 5.41) is 6.97. The minimum atomic E-state index is -4.49. The molecule has 0 saturated heterocycles.